The van der Waals surface area contributed by atoms with E-state index in [1.165, 1.54) is 0 Å². The Bertz CT molecular complexity index is 53.7. The summed E-state index contributed by atoms with van der Waals surface area (Å²) in [6.45, 7) is 0. The third kappa shape index (κ3) is 5.85. The number of nitrogens with one attached hydrogen (secondary N) is 2. The van der Waals surface area contributed by atoms with Crippen molar-refractivity contribution in [2.24, 2.45) is 0 Å². The van der Waals surface area contributed by atoms with Gasteiger partial charge in [-0.3, -0.25) is 0 Å². The van der Waals surface area contributed by atoms with Crippen molar-refractivity contribution in [1.29, 1.82) is 0 Å². The topological polar surface area (TPSA) is 24.1 Å². The lowest BCUT2D eigenvalue weighted by molar-refractivity contribution is 0.732. The van der Waals surface area contributed by atoms with E-state index in [2.05, 4.69) is 10.9 Å². The fraction of sp³-hybridized carbons (Fsp3) is 0.500. The third-order valence-electron chi connectivity index (χ3n) is 0.432. The average Bonchev–Trinajstić information content (AvgIpc) is 1.69. The number of thioether (sulfide) groups is 1. The van der Waals surface area contributed by atoms with Gasteiger partial charge in [0.05, 0.1) is 0 Å². The van der Waals surface area contributed by atoms with Crippen LogP contribution in [0, 0.1) is 0 Å². The zero-order valence-electron chi connectivity index (χ0n) is 4.56. The van der Waals surface area contributed by atoms with Crippen molar-refractivity contribution in [3.63, 3.8) is 0 Å². The van der Waals surface area contributed by atoms with Crippen LogP contribution in [0.4, 0.5) is 0 Å². The molecule has 0 atom stereocenters. The molecular formula is C4H10N2S. The Morgan fingerprint density at radius 3 is 2.71 bits per heavy atom. The van der Waals surface area contributed by atoms with Crippen LogP contribution in [-0.2, 0) is 0 Å². The second-order valence-electron chi connectivity index (χ2n) is 0.933. The minimum atomic E-state index is 1.66. The maximum atomic E-state index is 2.80. The van der Waals surface area contributed by atoms with E-state index in [1.54, 1.807) is 11.8 Å². The largest absolute Gasteiger partial charge is 0.329 e. The Hall–Kier alpha value is -0.150. The standard InChI is InChI=1S/C4H10N2S/c1-5-6-3-4-7-2/h3-6H,1-2H3/b4-3-. The van der Waals surface area contributed by atoms with Crippen LogP contribution < -0.4 is 10.9 Å². The van der Waals surface area contributed by atoms with Gasteiger partial charge in [-0.15, -0.1) is 11.8 Å². The summed E-state index contributed by atoms with van der Waals surface area (Å²) < 4.78 is 0. The van der Waals surface area contributed by atoms with Crippen LogP contribution in [-0.4, -0.2) is 13.3 Å². The highest BCUT2D eigenvalue weighted by molar-refractivity contribution is 8.01. The van der Waals surface area contributed by atoms with Gasteiger partial charge in [0.2, 0.25) is 0 Å². The zero-order chi connectivity index (χ0) is 5.54. The molecule has 0 aliphatic heterocycles. The highest BCUT2D eigenvalue weighted by atomic mass is 32.2. The van der Waals surface area contributed by atoms with Gasteiger partial charge in [-0.1, -0.05) is 0 Å². The Labute approximate surface area is 48.3 Å². The fourth-order valence-electron chi connectivity index (χ4n) is 0.185. The SMILES string of the molecule is CNN/C=C\SC. The van der Waals surface area contributed by atoms with E-state index in [1.807, 2.05) is 24.9 Å². The van der Waals surface area contributed by atoms with Gasteiger partial charge in [0.1, 0.15) is 0 Å². The van der Waals surface area contributed by atoms with E-state index in [4.69, 9.17) is 0 Å². The van der Waals surface area contributed by atoms with Gasteiger partial charge >= 0.3 is 0 Å². The lowest BCUT2D eigenvalue weighted by Crippen LogP contribution is -2.20. The van der Waals surface area contributed by atoms with Gasteiger partial charge in [-0.25, -0.2) is 5.43 Å². The molecule has 0 aliphatic rings. The van der Waals surface area contributed by atoms with Crippen LogP contribution in [0.15, 0.2) is 11.6 Å². The summed E-state index contributed by atoms with van der Waals surface area (Å²) in [6.07, 6.45) is 3.85. The molecule has 3 heteroatoms. The summed E-state index contributed by atoms with van der Waals surface area (Å²) >= 11 is 1.66. The molecule has 0 saturated carbocycles. The molecule has 0 radical (unpaired) electrons. The maximum absolute atomic E-state index is 2.80. The molecule has 0 aliphatic carbocycles. The van der Waals surface area contributed by atoms with Crippen molar-refractivity contribution >= 4 is 11.8 Å². The van der Waals surface area contributed by atoms with Gasteiger partial charge in [0.15, 0.2) is 0 Å². The minimum absolute atomic E-state index is 1.66. The molecule has 0 unspecified atom stereocenters. The summed E-state index contributed by atoms with van der Waals surface area (Å²) in [5, 5.41) is 1.95. The number of rotatable bonds is 3. The molecule has 2 nitrogen and oxygen atoms in total. The van der Waals surface area contributed by atoms with E-state index in [-0.39, 0.29) is 0 Å². The van der Waals surface area contributed by atoms with Crippen LogP contribution in [0.25, 0.3) is 0 Å². The van der Waals surface area contributed by atoms with E-state index >= 15 is 0 Å². The first kappa shape index (κ1) is 6.85. The number of hydrogen-bond acceptors (Lipinski definition) is 3. The Morgan fingerprint density at radius 1 is 1.57 bits per heavy atom. The van der Waals surface area contributed by atoms with Crippen molar-refractivity contribution in [2.45, 2.75) is 0 Å². The van der Waals surface area contributed by atoms with Gasteiger partial charge in [0, 0.05) is 13.2 Å². The number of hydrogen-bond donors (Lipinski definition) is 2. The summed E-state index contributed by atoms with van der Waals surface area (Å²) in [7, 11) is 1.82. The first-order chi connectivity index (χ1) is 3.41. The molecule has 7 heavy (non-hydrogen) atoms. The highest BCUT2D eigenvalue weighted by Crippen LogP contribution is 1.88. The Morgan fingerprint density at radius 2 is 2.29 bits per heavy atom. The predicted molar refractivity (Wildman–Crippen MR) is 34.9 cm³/mol. The van der Waals surface area contributed by atoms with Crippen molar-refractivity contribution < 1.29 is 0 Å². The smallest absolute Gasteiger partial charge is 0.0188 e. The molecule has 0 saturated heterocycles. The molecule has 2 N–H and O–H groups in total. The van der Waals surface area contributed by atoms with Crippen molar-refractivity contribution in [1.82, 2.24) is 10.9 Å². The van der Waals surface area contributed by atoms with Crippen LogP contribution in [0.1, 0.15) is 0 Å². The van der Waals surface area contributed by atoms with Crippen molar-refractivity contribution in [3.05, 3.63) is 11.6 Å². The van der Waals surface area contributed by atoms with Gasteiger partial charge < -0.3 is 5.43 Å². The third-order valence-corrected chi connectivity index (χ3v) is 0.840. The molecule has 0 bridgehead atoms. The first-order valence-electron chi connectivity index (χ1n) is 2.02. The van der Waals surface area contributed by atoms with Crippen LogP contribution in [0.5, 0.6) is 0 Å². The molecule has 0 heterocycles. The van der Waals surface area contributed by atoms with E-state index in [0.717, 1.165) is 0 Å². The minimum Gasteiger partial charge on any atom is -0.329 e. The normalized spacial score (nSPS) is 10.0. The summed E-state index contributed by atoms with van der Waals surface area (Å²) in [6, 6.07) is 0. The van der Waals surface area contributed by atoms with Crippen LogP contribution in [0.3, 0.4) is 0 Å². The molecule has 0 fully saturated rings. The number of hydrazine groups is 1. The van der Waals surface area contributed by atoms with Crippen molar-refractivity contribution in [2.75, 3.05) is 13.3 Å². The lowest BCUT2D eigenvalue weighted by atomic mass is 11.1. The molecule has 0 aromatic heterocycles. The quantitative estimate of drug-likeness (QED) is 0.529. The lowest BCUT2D eigenvalue weighted by Gasteiger charge is -1.90. The van der Waals surface area contributed by atoms with Crippen LogP contribution >= 0.6 is 11.8 Å². The molecule has 0 aromatic rings. The van der Waals surface area contributed by atoms with Gasteiger partial charge in [-0.05, 0) is 11.7 Å². The molecular weight excluding hydrogens is 108 g/mol. The second-order valence-corrected chi connectivity index (χ2v) is 1.68. The average molecular weight is 118 g/mol. The Kier molecular flexibility index (Phi) is 5.72. The van der Waals surface area contributed by atoms with Gasteiger partial charge in [0.25, 0.3) is 0 Å². The predicted octanol–water partition coefficient (Wildman–Crippen LogP) is 0.545. The fourth-order valence-corrected chi connectivity index (χ4v) is 0.390. The van der Waals surface area contributed by atoms with E-state index in [0.29, 0.717) is 0 Å². The zero-order valence-corrected chi connectivity index (χ0v) is 5.38. The van der Waals surface area contributed by atoms with Crippen molar-refractivity contribution in [3.8, 4) is 0 Å². The highest BCUT2D eigenvalue weighted by Gasteiger charge is 1.61. The molecule has 0 rings (SSSR count). The van der Waals surface area contributed by atoms with Crippen LogP contribution in [0.2, 0.25) is 0 Å². The molecule has 0 spiro atoms. The van der Waals surface area contributed by atoms with Gasteiger partial charge in [-0.2, -0.15) is 0 Å². The molecule has 0 aromatic carbocycles. The second kappa shape index (κ2) is 5.85. The van der Waals surface area contributed by atoms with E-state index < -0.39 is 0 Å². The summed E-state index contributed by atoms with van der Waals surface area (Å²) in [4.78, 5) is 0. The summed E-state index contributed by atoms with van der Waals surface area (Å²) in [5.41, 5.74) is 5.55. The molecule has 42 valence electrons. The first-order valence-corrected chi connectivity index (χ1v) is 3.30. The summed E-state index contributed by atoms with van der Waals surface area (Å²) in [5.74, 6) is 0. The maximum Gasteiger partial charge on any atom is 0.0188 e. The monoisotopic (exact) mass is 118 g/mol. The molecule has 0 amide bonds. The Balaban J connectivity index is 2.78. The van der Waals surface area contributed by atoms with E-state index in [9.17, 15) is 0 Å².